The van der Waals surface area contributed by atoms with Crippen LogP contribution in [-0.2, 0) is 6.42 Å². The molecule has 1 fully saturated rings. The van der Waals surface area contributed by atoms with Crippen LogP contribution in [-0.4, -0.2) is 23.5 Å². The lowest BCUT2D eigenvalue weighted by atomic mass is 10.2. The van der Waals surface area contributed by atoms with Gasteiger partial charge in [0, 0.05) is 17.5 Å². The molecule has 1 saturated carbocycles. The number of thiazole rings is 1. The van der Waals surface area contributed by atoms with E-state index in [1.54, 1.807) is 23.6 Å². The SMILES string of the molecule is Cl.NCCc1nc(C(=O)Nc2ccc(OC3CCCC3)c(Cl)c2)cs1. The van der Waals surface area contributed by atoms with Crippen molar-refractivity contribution in [1.29, 1.82) is 0 Å². The van der Waals surface area contributed by atoms with Gasteiger partial charge in [-0.1, -0.05) is 11.6 Å². The molecule has 0 unspecified atom stereocenters. The van der Waals surface area contributed by atoms with Gasteiger partial charge in [-0.05, 0) is 50.4 Å². The lowest BCUT2D eigenvalue weighted by Gasteiger charge is -2.15. The molecule has 1 amide bonds. The fraction of sp³-hybridized carbons (Fsp3) is 0.412. The first kappa shape index (κ1) is 20.0. The zero-order valence-corrected chi connectivity index (χ0v) is 16.1. The van der Waals surface area contributed by atoms with Gasteiger partial charge in [-0.15, -0.1) is 23.7 Å². The Hall–Kier alpha value is -1.34. The Labute approximate surface area is 162 Å². The van der Waals surface area contributed by atoms with Crippen LogP contribution in [0.3, 0.4) is 0 Å². The van der Waals surface area contributed by atoms with Gasteiger partial charge in [0.05, 0.1) is 16.1 Å². The maximum Gasteiger partial charge on any atom is 0.275 e. The molecule has 1 heterocycles. The van der Waals surface area contributed by atoms with Crippen molar-refractivity contribution in [2.45, 2.75) is 38.2 Å². The summed E-state index contributed by atoms with van der Waals surface area (Å²) in [5, 5.41) is 5.91. The number of anilines is 1. The van der Waals surface area contributed by atoms with Crippen molar-refractivity contribution in [3.05, 3.63) is 39.3 Å². The third-order valence-corrected chi connectivity index (χ3v) is 5.13. The normalized spacial score (nSPS) is 14.2. The number of ether oxygens (including phenoxy) is 1. The van der Waals surface area contributed by atoms with Gasteiger partial charge in [0.1, 0.15) is 11.4 Å². The monoisotopic (exact) mass is 401 g/mol. The zero-order chi connectivity index (χ0) is 16.9. The van der Waals surface area contributed by atoms with Gasteiger partial charge in [0.2, 0.25) is 0 Å². The first-order valence-corrected chi connectivity index (χ1v) is 9.33. The number of nitrogens with zero attached hydrogens (tertiary/aromatic N) is 1. The molecule has 5 nitrogen and oxygen atoms in total. The van der Waals surface area contributed by atoms with E-state index in [4.69, 9.17) is 22.1 Å². The molecule has 1 aliphatic rings. The second kappa shape index (κ2) is 9.38. The van der Waals surface area contributed by atoms with Gasteiger partial charge in [-0.25, -0.2) is 4.98 Å². The first-order chi connectivity index (χ1) is 11.7. The van der Waals surface area contributed by atoms with Gasteiger partial charge in [-0.3, -0.25) is 4.79 Å². The molecular formula is C17H21Cl2N3O2S. The fourth-order valence-electron chi connectivity index (χ4n) is 2.71. The number of hydrogen-bond donors (Lipinski definition) is 2. The molecule has 8 heteroatoms. The lowest BCUT2D eigenvalue weighted by Crippen LogP contribution is -2.13. The molecule has 0 aliphatic heterocycles. The fourth-order valence-corrected chi connectivity index (χ4v) is 3.73. The van der Waals surface area contributed by atoms with Crippen LogP contribution in [0.2, 0.25) is 5.02 Å². The molecule has 0 spiro atoms. The Kier molecular flexibility index (Phi) is 7.50. The quantitative estimate of drug-likeness (QED) is 0.756. The Bertz CT molecular complexity index is 718. The van der Waals surface area contributed by atoms with Gasteiger partial charge in [-0.2, -0.15) is 0 Å². The van der Waals surface area contributed by atoms with Crippen LogP contribution in [0.15, 0.2) is 23.6 Å². The summed E-state index contributed by atoms with van der Waals surface area (Å²) >= 11 is 7.72. The molecule has 25 heavy (non-hydrogen) atoms. The summed E-state index contributed by atoms with van der Waals surface area (Å²) in [6.45, 7) is 0.520. The van der Waals surface area contributed by atoms with Gasteiger partial charge in [0.15, 0.2) is 0 Å². The molecule has 1 aromatic heterocycles. The van der Waals surface area contributed by atoms with Gasteiger partial charge >= 0.3 is 0 Å². The molecule has 3 rings (SSSR count). The van der Waals surface area contributed by atoms with Crippen molar-refractivity contribution in [3.63, 3.8) is 0 Å². The van der Waals surface area contributed by atoms with Crippen LogP contribution < -0.4 is 15.8 Å². The van der Waals surface area contributed by atoms with Gasteiger partial charge in [0.25, 0.3) is 5.91 Å². The van der Waals surface area contributed by atoms with Crippen molar-refractivity contribution < 1.29 is 9.53 Å². The Morgan fingerprint density at radius 1 is 1.40 bits per heavy atom. The summed E-state index contributed by atoms with van der Waals surface area (Å²) in [6, 6.07) is 5.30. The summed E-state index contributed by atoms with van der Waals surface area (Å²) in [7, 11) is 0. The van der Waals surface area contributed by atoms with Crippen LogP contribution in [0.5, 0.6) is 5.75 Å². The van der Waals surface area contributed by atoms with E-state index in [1.807, 2.05) is 0 Å². The largest absolute Gasteiger partial charge is 0.489 e. The molecule has 1 aliphatic carbocycles. The van der Waals surface area contributed by atoms with E-state index in [-0.39, 0.29) is 24.4 Å². The predicted molar refractivity (Wildman–Crippen MR) is 104 cm³/mol. The summed E-state index contributed by atoms with van der Waals surface area (Å²) in [5.74, 6) is 0.413. The van der Waals surface area contributed by atoms with Gasteiger partial charge < -0.3 is 15.8 Å². The third-order valence-electron chi connectivity index (χ3n) is 3.93. The third kappa shape index (κ3) is 5.31. The molecule has 1 aromatic carbocycles. The topological polar surface area (TPSA) is 77.2 Å². The second-order valence-corrected chi connectivity index (χ2v) is 7.14. The Balaban J connectivity index is 0.00000225. The highest BCUT2D eigenvalue weighted by molar-refractivity contribution is 7.09. The summed E-state index contributed by atoms with van der Waals surface area (Å²) in [5.41, 5.74) is 6.51. The number of aromatic nitrogens is 1. The molecule has 3 N–H and O–H groups in total. The number of hydrogen-bond acceptors (Lipinski definition) is 5. The maximum absolute atomic E-state index is 12.2. The molecule has 0 radical (unpaired) electrons. The van der Waals surface area contributed by atoms with E-state index in [0.29, 0.717) is 35.1 Å². The van der Waals surface area contributed by atoms with Crippen molar-refractivity contribution in [3.8, 4) is 5.75 Å². The minimum atomic E-state index is -0.255. The summed E-state index contributed by atoms with van der Waals surface area (Å²) in [6.07, 6.45) is 5.48. The molecular weight excluding hydrogens is 381 g/mol. The van der Waals surface area contributed by atoms with Crippen molar-refractivity contribution in [1.82, 2.24) is 4.98 Å². The smallest absolute Gasteiger partial charge is 0.275 e. The number of amides is 1. The zero-order valence-electron chi connectivity index (χ0n) is 13.7. The molecule has 136 valence electrons. The van der Waals surface area contributed by atoms with Crippen LogP contribution in [0.4, 0.5) is 5.69 Å². The van der Waals surface area contributed by atoms with Crippen molar-refractivity contribution >= 4 is 46.9 Å². The predicted octanol–water partition coefficient (Wildman–Crippen LogP) is 4.29. The summed E-state index contributed by atoms with van der Waals surface area (Å²) in [4.78, 5) is 16.5. The maximum atomic E-state index is 12.2. The average molecular weight is 402 g/mol. The molecule has 0 atom stereocenters. The first-order valence-electron chi connectivity index (χ1n) is 8.07. The highest BCUT2D eigenvalue weighted by Gasteiger charge is 2.18. The number of carbonyl (C=O) groups is 1. The number of benzene rings is 1. The minimum Gasteiger partial charge on any atom is -0.489 e. The van der Waals surface area contributed by atoms with E-state index in [9.17, 15) is 4.79 Å². The van der Waals surface area contributed by atoms with Crippen molar-refractivity contribution in [2.24, 2.45) is 5.73 Å². The van der Waals surface area contributed by atoms with Crippen LogP contribution in [0, 0.1) is 0 Å². The van der Waals surface area contributed by atoms with Crippen LogP contribution >= 0.6 is 35.3 Å². The number of nitrogens with one attached hydrogen (secondary N) is 1. The minimum absolute atomic E-state index is 0. The highest BCUT2D eigenvalue weighted by Crippen LogP contribution is 2.31. The number of rotatable bonds is 6. The highest BCUT2D eigenvalue weighted by atomic mass is 35.5. The second-order valence-electron chi connectivity index (χ2n) is 5.79. The average Bonchev–Trinajstić information content (AvgIpc) is 3.22. The van der Waals surface area contributed by atoms with E-state index in [1.165, 1.54) is 24.2 Å². The lowest BCUT2D eigenvalue weighted by molar-refractivity contribution is 0.102. The van der Waals surface area contributed by atoms with E-state index in [2.05, 4.69) is 10.3 Å². The number of carbonyl (C=O) groups excluding carboxylic acids is 1. The van der Waals surface area contributed by atoms with Crippen LogP contribution in [0.25, 0.3) is 0 Å². The van der Waals surface area contributed by atoms with E-state index in [0.717, 1.165) is 17.8 Å². The number of halogens is 2. The Morgan fingerprint density at radius 2 is 2.16 bits per heavy atom. The molecule has 2 aromatic rings. The van der Waals surface area contributed by atoms with Crippen LogP contribution in [0.1, 0.15) is 41.2 Å². The number of nitrogens with two attached hydrogens (primary N) is 1. The van der Waals surface area contributed by atoms with Crippen molar-refractivity contribution in [2.75, 3.05) is 11.9 Å². The van der Waals surface area contributed by atoms with E-state index >= 15 is 0 Å². The van der Waals surface area contributed by atoms with E-state index < -0.39 is 0 Å². The summed E-state index contributed by atoms with van der Waals surface area (Å²) < 4.78 is 5.91. The molecule has 0 bridgehead atoms. The standard InChI is InChI=1S/C17H20ClN3O2S.ClH/c18-13-9-11(5-6-15(13)23-12-3-1-2-4-12)20-17(22)14-10-24-16(21-14)7-8-19;/h5-6,9-10,12H,1-4,7-8,19H2,(H,20,22);1H. The Morgan fingerprint density at radius 3 is 2.84 bits per heavy atom. The molecule has 0 saturated heterocycles.